The van der Waals surface area contributed by atoms with Crippen molar-refractivity contribution in [3.63, 3.8) is 0 Å². The van der Waals surface area contributed by atoms with Gasteiger partial charge in [0.2, 0.25) is 0 Å². The number of aromatic nitrogens is 3. The molecule has 4 heteroatoms. The third kappa shape index (κ3) is 1.72. The molecule has 0 aliphatic heterocycles. The fourth-order valence-corrected chi connectivity index (χ4v) is 3.05. The van der Waals surface area contributed by atoms with Crippen molar-refractivity contribution >= 4 is 27.6 Å². The summed E-state index contributed by atoms with van der Waals surface area (Å²) in [5.74, 6) is 0.515. The second-order valence-electron chi connectivity index (χ2n) is 5.20. The van der Waals surface area contributed by atoms with Crippen LogP contribution in [-0.2, 0) is 6.54 Å². The summed E-state index contributed by atoms with van der Waals surface area (Å²) in [4.78, 5) is 0. The first-order valence-corrected chi connectivity index (χ1v) is 7.10. The van der Waals surface area contributed by atoms with Crippen LogP contribution in [0.3, 0.4) is 0 Å². The lowest BCUT2D eigenvalue weighted by Crippen LogP contribution is -1.92. The minimum absolute atomic E-state index is 0.515. The topological polar surface area (TPSA) is 59.6 Å². The van der Waals surface area contributed by atoms with Gasteiger partial charge in [0.15, 0.2) is 0 Å². The van der Waals surface area contributed by atoms with Gasteiger partial charge in [-0.05, 0) is 25.1 Å². The minimum atomic E-state index is 0.515. The molecule has 0 saturated carbocycles. The van der Waals surface area contributed by atoms with Gasteiger partial charge in [-0.3, -0.25) is 5.10 Å². The van der Waals surface area contributed by atoms with Gasteiger partial charge in [-0.2, -0.15) is 5.10 Å². The van der Waals surface area contributed by atoms with E-state index in [0.29, 0.717) is 5.82 Å². The molecule has 0 atom stereocenters. The van der Waals surface area contributed by atoms with Gasteiger partial charge in [0.25, 0.3) is 0 Å². The summed E-state index contributed by atoms with van der Waals surface area (Å²) in [6, 6.07) is 16.9. The molecule has 0 bridgehead atoms. The maximum Gasteiger partial charge on any atom is 0.145 e. The molecule has 0 aliphatic rings. The van der Waals surface area contributed by atoms with E-state index in [1.807, 2.05) is 6.07 Å². The number of hydrogen-bond donors (Lipinski definition) is 2. The lowest BCUT2D eigenvalue weighted by molar-refractivity contribution is 0.827. The second kappa shape index (κ2) is 4.38. The molecule has 3 N–H and O–H groups in total. The molecule has 4 rings (SSSR count). The highest BCUT2D eigenvalue weighted by molar-refractivity contribution is 6.09. The molecule has 2 aromatic heterocycles. The smallest absolute Gasteiger partial charge is 0.145 e. The van der Waals surface area contributed by atoms with Crippen molar-refractivity contribution in [1.82, 2.24) is 14.8 Å². The van der Waals surface area contributed by atoms with Gasteiger partial charge in [-0.1, -0.05) is 24.3 Å². The zero-order valence-corrected chi connectivity index (χ0v) is 11.8. The molecule has 21 heavy (non-hydrogen) atoms. The number of nitrogen functional groups attached to an aromatic ring is 1. The molecule has 4 aromatic rings. The Hall–Kier alpha value is -2.75. The Balaban J connectivity index is 2.05. The number of H-pyrrole nitrogens is 1. The Kier molecular flexibility index (Phi) is 2.51. The molecule has 0 fully saturated rings. The van der Waals surface area contributed by atoms with Crippen LogP contribution in [-0.4, -0.2) is 14.8 Å². The highest BCUT2D eigenvalue weighted by Gasteiger charge is 2.10. The first kappa shape index (κ1) is 12.0. The highest BCUT2D eigenvalue weighted by atomic mass is 15.2. The van der Waals surface area contributed by atoms with E-state index in [-0.39, 0.29) is 0 Å². The number of benzene rings is 2. The van der Waals surface area contributed by atoms with Crippen molar-refractivity contribution < 1.29 is 0 Å². The Labute approximate surface area is 122 Å². The van der Waals surface area contributed by atoms with Crippen LogP contribution in [0.25, 0.3) is 33.1 Å². The molecule has 0 spiro atoms. The fourth-order valence-electron chi connectivity index (χ4n) is 3.05. The van der Waals surface area contributed by atoms with Gasteiger partial charge in [0.05, 0.1) is 5.69 Å². The van der Waals surface area contributed by atoms with Crippen LogP contribution in [0.15, 0.2) is 48.5 Å². The van der Waals surface area contributed by atoms with Crippen LogP contribution < -0.4 is 5.73 Å². The number of aromatic amines is 1. The molecule has 0 radical (unpaired) electrons. The molecule has 0 aliphatic carbocycles. The number of nitrogens with two attached hydrogens (primary N) is 1. The van der Waals surface area contributed by atoms with E-state index in [4.69, 9.17) is 5.73 Å². The normalized spacial score (nSPS) is 11.5. The second-order valence-corrected chi connectivity index (χ2v) is 5.20. The van der Waals surface area contributed by atoms with E-state index in [0.717, 1.165) is 17.8 Å². The monoisotopic (exact) mass is 276 g/mol. The van der Waals surface area contributed by atoms with Crippen molar-refractivity contribution in [3.8, 4) is 11.3 Å². The fraction of sp³-hybridized carbons (Fsp3) is 0.118. The average Bonchev–Trinajstić information content (AvgIpc) is 3.08. The third-order valence-electron chi connectivity index (χ3n) is 4.00. The summed E-state index contributed by atoms with van der Waals surface area (Å²) < 4.78 is 2.34. The number of fused-ring (bicyclic) bond motifs is 3. The summed E-state index contributed by atoms with van der Waals surface area (Å²) in [6.45, 7) is 3.13. The van der Waals surface area contributed by atoms with Crippen LogP contribution >= 0.6 is 0 Å². The van der Waals surface area contributed by atoms with Crippen LogP contribution in [0, 0.1) is 0 Å². The summed E-state index contributed by atoms with van der Waals surface area (Å²) >= 11 is 0. The van der Waals surface area contributed by atoms with Crippen LogP contribution in [0.2, 0.25) is 0 Å². The standard InChI is InChI=1S/C17H16N4/c1-2-21-15-6-4-3-5-12(15)13-9-11(7-8-16(13)21)14-10-17(18)20-19-14/h3-10H,2H2,1H3,(H3,18,19,20). The molecule has 0 amide bonds. The molecule has 0 unspecified atom stereocenters. The molecular weight excluding hydrogens is 260 g/mol. The lowest BCUT2D eigenvalue weighted by atomic mass is 10.1. The molecule has 4 nitrogen and oxygen atoms in total. The quantitative estimate of drug-likeness (QED) is 0.585. The van der Waals surface area contributed by atoms with Gasteiger partial charge in [0.1, 0.15) is 5.82 Å². The third-order valence-corrected chi connectivity index (χ3v) is 4.00. The van der Waals surface area contributed by atoms with E-state index in [1.54, 1.807) is 0 Å². The Bertz CT molecular complexity index is 946. The van der Waals surface area contributed by atoms with Crippen molar-refractivity contribution in [2.24, 2.45) is 0 Å². The summed E-state index contributed by atoms with van der Waals surface area (Å²) in [5.41, 5.74) is 10.3. The van der Waals surface area contributed by atoms with E-state index in [1.165, 1.54) is 21.8 Å². The highest BCUT2D eigenvalue weighted by Crippen LogP contribution is 2.32. The number of aryl methyl sites for hydroxylation is 1. The van der Waals surface area contributed by atoms with Crippen LogP contribution in [0.5, 0.6) is 0 Å². The number of hydrogen-bond acceptors (Lipinski definition) is 2. The van der Waals surface area contributed by atoms with Gasteiger partial charge in [0, 0.05) is 40.0 Å². The van der Waals surface area contributed by atoms with E-state index >= 15 is 0 Å². The SMILES string of the molecule is CCn1c2ccccc2c2cc(-c3cc(N)n[nH]3)ccc21. The Morgan fingerprint density at radius 2 is 1.86 bits per heavy atom. The van der Waals surface area contributed by atoms with Crippen molar-refractivity contribution in [2.45, 2.75) is 13.5 Å². The average molecular weight is 276 g/mol. The summed E-state index contributed by atoms with van der Waals surface area (Å²) in [5, 5.41) is 9.52. The van der Waals surface area contributed by atoms with Crippen molar-refractivity contribution in [2.75, 3.05) is 5.73 Å². The van der Waals surface area contributed by atoms with Crippen LogP contribution in [0.1, 0.15) is 6.92 Å². The van der Waals surface area contributed by atoms with Gasteiger partial charge in [-0.25, -0.2) is 0 Å². The Morgan fingerprint density at radius 3 is 2.62 bits per heavy atom. The van der Waals surface area contributed by atoms with Crippen LogP contribution in [0.4, 0.5) is 5.82 Å². The van der Waals surface area contributed by atoms with Crippen molar-refractivity contribution in [3.05, 3.63) is 48.5 Å². The number of para-hydroxylation sites is 1. The predicted molar refractivity (Wildman–Crippen MR) is 87.1 cm³/mol. The van der Waals surface area contributed by atoms with Crippen molar-refractivity contribution in [1.29, 1.82) is 0 Å². The number of anilines is 1. The van der Waals surface area contributed by atoms with Gasteiger partial charge < -0.3 is 10.3 Å². The van der Waals surface area contributed by atoms with E-state index < -0.39 is 0 Å². The summed E-state index contributed by atoms with van der Waals surface area (Å²) in [7, 11) is 0. The summed E-state index contributed by atoms with van der Waals surface area (Å²) in [6.07, 6.45) is 0. The minimum Gasteiger partial charge on any atom is -0.382 e. The molecule has 104 valence electrons. The maximum atomic E-state index is 5.70. The first-order chi connectivity index (χ1) is 10.3. The first-order valence-electron chi connectivity index (χ1n) is 7.10. The largest absolute Gasteiger partial charge is 0.382 e. The van der Waals surface area contributed by atoms with E-state index in [2.05, 4.69) is 64.2 Å². The zero-order valence-electron chi connectivity index (χ0n) is 11.8. The Morgan fingerprint density at radius 1 is 1.05 bits per heavy atom. The molecule has 2 aromatic carbocycles. The molecule has 2 heterocycles. The number of nitrogens with one attached hydrogen (secondary N) is 1. The predicted octanol–water partition coefficient (Wildman–Crippen LogP) is 3.79. The van der Waals surface area contributed by atoms with E-state index in [9.17, 15) is 0 Å². The molecule has 0 saturated heterocycles. The lowest BCUT2D eigenvalue weighted by Gasteiger charge is -2.03. The molecular formula is C17H16N4. The number of nitrogens with zero attached hydrogens (tertiary/aromatic N) is 2. The van der Waals surface area contributed by atoms with Gasteiger partial charge in [-0.15, -0.1) is 0 Å². The maximum absolute atomic E-state index is 5.70. The van der Waals surface area contributed by atoms with Gasteiger partial charge >= 0.3 is 0 Å². The zero-order chi connectivity index (χ0) is 14.4. The number of rotatable bonds is 2.